The van der Waals surface area contributed by atoms with E-state index in [1.54, 1.807) is 0 Å². The van der Waals surface area contributed by atoms with E-state index in [-0.39, 0.29) is 28.3 Å². The lowest BCUT2D eigenvalue weighted by Gasteiger charge is -2.45. The van der Waals surface area contributed by atoms with E-state index in [0.717, 1.165) is 32.4 Å². The van der Waals surface area contributed by atoms with Crippen molar-refractivity contribution < 1.29 is 18.1 Å². The molecule has 2 fully saturated rings. The van der Waals surface area contributed by atoms with Crippen molar-refractivity contribution in [3.05, 3.63) is 28.3 Å². The van der Waals surface area contributed by atoms with Crippen molar-refractivity contribution in [3.8, 4) is 0 Å². The number of hydrogen-bond donors (Lipinski definition) is 1. The first kappa shape index (κ1) is 23.9. The molecule has 1 aromatic rings. The minimum atomic E-state index is -3.73. The number of nitrogens with one attached hydrogen (secondary N) is 1. The highest BCUT2D eigenvalue weighted by molar-refractivity contribution is 7.89. The van der Waals surface area contributed by atoms with Crippen LogP contribution in [-0.4, -0.2) is 73.0 Å². The fourth-order valence-corrected chi connectivity index (χ4v) is 5.86. The van der Waals surface area contributed by atoms with Crippen LogP contribution >= 0.6 is 0 Å². The first-order chi connectivity index (χ1) is 14.5. The third-order valence-corrected chi connectivity index (χ3v) is 8.00. The molecule has 0 spiro atoms. The van der Waals surface area contributed by atoms with Crippen LogP contribution < -0.4 is 5.32 Å². The molecule has 1 N–H and O–H groups in total. The van der Waals surface area contributed by atoms with Crippen molar-refractivity contribution in [2.24, 2.45) is 0 Å². The fourth-order valence-electron chi connectivity index (χ4n) is 4.32. The molecule has 2 aliphatic rings. The zero-order valence-corrected chi connectivity index (χ0v) is 19.7. The summed E-state index contributed by atoms with van der Waals surface area (Å²) in [6, 6.07) is 4.15. The summed E-state index contributed by atoms with van der Waals surface area (Å²) in [7, 11) is -3.73. The molecule has 3 rings (SSSR count). The van der Waals surface area contributed by atoms with Crippen LogP contribution in [0.4, 0.5) is 11.4 Å². The fraction of sp³-hybridized carbons (Fsp3) is 0.714. The van der Waals surface area contributed by atoms with E-state index in [1.165, 1.54) is 22.5 Å². The van der Waals surface area contributed by atoms with Gasteiger partial charge in [-0.25, -0.2) is 8.42 Å². The molecule has 0 radical (unpaired) electrons. The molecule has 0 unspecified atom stereocenters. The van der Waals surface area contributed by atoms with Crippen LogP contribution in [0.25, 0.3) is 0 Å². The third kappa shape index (κ3) is 5.54. The molecule has 0 bridgehead atoms. The van der Waals surface area contributed by atoms with Gasteiger partial charge >= 0.3 is 0 Å². The smallest absolute Gasteiger partial charge is 0.293 e. The predicted octanol–water partition coefficient (Wildman–Crippen LogP) is 3.07. The molecule has 2 aliphatic heterocycles. The Morgan fingerprint density at radius 2 is 1.77 bits per heavy atom. The van der Waals surface area contributed by atoms with Gasteiger partial charge in [0.05, 0.1) is 22.0 Å². The third-order valence-electron chi connectivity index (χ3n) is 6.11. The van der Waals surface area contributed by atoms with Gasteiger partial charge in [-0.15, -0.1) is 0 Å². The number of nitrogens with zero attached hydrogens (tertiary/aromatic N) is 3. The van der Waals surface area contributed by atoms with Gasteiger partial charge in [0.1, 0.15) is 5.69 Å². The number of hydrogen-bond acceptors (Lipinski definition) is 7. The number of nitro benzene ring substituents is 1. The molecule has 0 amide bonds. The standard InChI is InChI=1S/C21H34N4O5S/c1-16-13-23(14-17(2)30-16)21(3,4)15-22-19-9-8-18(12-20(19)25(26)27)31(28,29)24-10-6-5-7-11-24/h8-9,12,16-17,22H,5-7,10-11,13-15H2,1-4H3/t16-,17+. The summed E-state index contributed by atoms with van der Waals surface area (Å²) < 4.78 is 33.1. The summed E-state index contributed by atoms with van der Waals surface area (Å²) in [4.78, 5) is 13.5. The summed E-state index contributed by atoms with van der Waals surface area (Å²) in [6.45, 7) is 11.2. The lowest BCUT2D eigenvalue weighted by Crippen LogP contribution is -2.57. The number of ether oxygens (including phenoxy) is 1. The Hall–Kier alpha value is -1.75. The lowest BCUT2D eigenvalue weighted by molar-refractivity contribution is -0.384. The average molecular weight is 455 g/mol. The van der Waals surface area contributed by atoms with E-state index in [9.17, 15) is 18.5 Å². The number of rotatable bonds is 7. The average Bonchev–Trinajstić information content (AvgIpc) is 2.72. The molecular weight excluding hydrogens is 420 g/mol. The number of morpholine rings is 1. The zero-order valence-electron chi connectivity index (χ0n) is 18.8. The topological polar surface area (TPSA) is 105 Å². The normalized spacial score (nSPS) is 24.1. The summed E-state index contributed by atoms with van der Waals surface area (Å²) in [5.41, 5.74) is -0.166. The first-order valence-corrected chi connectivity index (χ1v) is 12.4. The van der Waals surface area contributed by atoms with Gasteiger partial charge in [0.2, 0.25) is 10.0 Å². The Morgan fingerprint density at radius 1 is 1.16 bits per heavy atom. The molecule has 2 heterocycles. The van der Waals surface area contributed by atoms with Gasteiger partial charge in [0, 0.05) is 44.3 Å². The molecule has 0 aliphatic carbocycles. The van der Waals surface area contributed by atoms with Crippen LogP contribution in [0.5, 0.6) is 0 Å². The lowest BCUT2D eigenvalue weighted by atomic mass is 10.00. The van der Waals surface area contributed by atoms with Gasteiger partial charge in [-0.05, 0) is 52.7 Å². The Bertz CT molecular complexity index is 889. The van der Waals surface area contributed by atoms with E-state index >= 15 is 0 Å². The molecule has 0 saturated carbocycles. The van der Waals surface area contributed by atoms with E-state index in [4.69, 9.17) is 4.74 Å². The minimum Gasteiger partial charge on any atom is -0.378 e. The quantitative estimate of drug-likeness (QED) is 0.499. The van der Waals surface area contributed by atoms with Crippen LogP contribution in [0.2, 0.25) is 0 Å². The van der Waals surface area contributed by atoms with Crippen molar-refractivity contribution in [1.82, 2.24) is 9.21 Å². The molecule has 174 valence electrons. The van der Waals surface area contributed by atoms with Gasteiger partial charge in [-0.3, -0.25) is 15.0 Å². The SMILES string of the molecule is C[C@@H]1CN(C(C)(C)CNc2ccc(S(=O)(=O)N3CCCCC3)cc2[N+](=O)[O-])C[C@H](C)O1. The molecular formula is C21H34N4O5S. The highest BCUT2D eigenvalue weighted by atomic mass is 32.2. The highest BCUT2D eigenvalue weighted by Gasteiger charge is 2.34. The summed E-state index contributed by atoms with van der Waals surface area (Å²) in [5, 5.41) is 14.9. The molecule has 9 nitrogen and oxygen atoms in total. The number of sulfonamides is 1. The van der Waals surface area contributed by atoms with Crippen molar-refractivity contribution in [2.75, 3.05) is 38.0 Å². The molecule has 10 heteroatoms. The maximum atomic E-state index is 12.9. The second-order valence-electron chi connectivity index (χ2n) is 9.23. The second-order valence-corrected chi connectivity index (χ2v) is 11.2. The van der Waals surface area contributed by atoms with Gasteiger partial charge in [0.25, 0.3) is 5.69 Å². The Balaban J connectivity index is 1.78. The molecule has 31 heavy (non-hydrogen) atoms. The van der Waals surface area contributed by atoms with Crippen LogP contribution in [0.3, 0.4) is 0 Å². The maximum Gasteiger partial charge on any atom is 0.293 e. The van der Waals surface area contributed by atoms with Crippen molar-refractivity contribution in [1.29, 1.82) is 0 Å². The second kappa shape index (κ2) is 9.40. The summed E-state index contributed by atoms with van der Waals surface area (Å²) in [6.07, 6.45) is 2.88. The van der Waals surface area contributed by atoms with Crippen LogP contribution in [0.15, 0.2) is 23.1 Å². The molecule has 2 atom stereocenters. The molecule has 2 saturated heterocycles. The van der Waals surface area contributed by atoms with Gasteiger partial charge in [-0.1, -0.05) is 6.42 Å². The van der Waals surface area contributed by atoms with E-state index in [0.29, 0.717) is 25.3 Å². The van der Waals surface area contributed by atoms with Gasteiger partial charge in [-0.2, -0.15) is 4.31 Å². The van der Waals surface area contributed by atoms with E-state index in [1.807, 2.05) is 13.8 Å². The van der Waals surface area contributed by atoms with Gasteiger partial charge < -0.3 is 10.1 Å². The predicted molar refractivity (Wildman–Crippen MR) is 120 cm³/mol. The molecule has 1 aromatic carbocycles. The summed E-state index contributed by atoms with van der Waals surface area (Å²) >= 11 is 0. The van der Waals surface area contributed by atoms with Gasteiger partial charge in [0.15, 0.2) is 0 Å². The summed E-state index contributed by atoms with van der Waals surface area (Å²) in [5.74, 6) is 0. The van der Waals surface area contributed by atoms with Crippen molar-refractivity contribution >= 4 is 21.4 Å². The van der Waals surface area contributed by atoms with Crippen molar-refractivity contribution in [3.63, 3.8) is 0 Å². The van der Waals surface area contributed by atoms with Crippen LogP contribution in [0.1, 0.15) is 47.0 Å². The van der Waals surface area contributed by atoms with Crippen LogP contribution in [0, 0.1) is 10.1 Å². The Morgan fingerprint density at radius 3 is 2.35 bits per heavy atom. The maximum absolute atomic E-state index is 12.9. The number of piperidine rings is 1. The minimum absolute atomic E-state index is 0.0262. The monoisotopic (exact) mass is 454 g/mol. The van der Waals surface area contributed by atoms with E-state index < -0.39 is 14.9 Å². The largest absolute Gasteiger partial charge is 0.378 e. The van der Waals surface area contributed by atoms with Crippen LogP contribution in [-0.2, 0) is 14.8 Å². The zero-order chi connectivity index (χ0) is 22.8. The number of benzene rings is 1. The van der Waals surface area contributed by atoms with E-state index in [2.05, 4.69) is 24.1 Å². The van der Waals surface area contributed by atoms with Crippen molar-refractivity contribution in [2.45, 2.75) is 69.6 Å². The molecule has 0 aromatic heterocycles. The Labute approximate surface area is 184 Å². The number of anilines is 1. The Kier molecular flexibility index (Phi) is 7.25. The first-order valence-electron chi connectivity index (χ1n) is 10.9. The number of nitro groups is 1. The highest BCUT2D eigenvalue weighted by Crippen LogP contribution is 2.31.